The van der Waals surface area contributed by atoms with E-state index >= 15 is 0 Å². The maximum Gasteiger partial charge on any atom is 0.265 e. The number of fused-ring (bicyclic) bond motifs is 1. The molecule has 0 fully saturated rings. The molecule has 0 radical (unpaired) electrons. The van der Waals surface area contributed by atoms with Gasteiger partial charge in [0.05, 0.1) is 72.1 Å². The van der Waals surface area contributed by atoms with Crippen molar-refractivity contribution < 1.29 is 52.4 Å². The number of hydrogen-bond acceptors (Lipinski definition) is 15. The molecule has 0 aliphatic carbocycles. The maximum atomic E-state index is 13.2. The lowest BCUT2D eigenvalue weighted by atomic mass is 9.88. The Morgan fingerprint density at radius 3 is 1.99 bits per heavy atom. The standard InChI is InChI=1S/C58H69ClN8O11S/c1-5-6-53(66(4)58(72)45(38-60)37-55-62-23-34-79-55)57(71)65-48-16-18-49(19-17-48)78-39-54(69)61-21-24-73-26-28-75-30-32-77-33-31-76-29-27-74-25-22-63-56(70)43-9-7-42(8-10-43)44-11-20-52-50(36-44)51(35-40(2)67(52)41(3)68)64-47-14-12-46(59)13-15-47/h7-20,23,34,36-37,40,51,53,64H,5-6,21-22,24-33,35,39H2,1-4H3,(H,61,69)(H,63,70)(H,65,71)/t40-,51+,53?/m0/s1. The summed E-state index contributed by atoms with van der Waals surface area (Å²) < 4.78 is 33.4. The summed E-state index contributed by atoms with van der Waals surface area (Å²) in [5.74, 6) is -1.08. The third-order valence-electron chi connectivity index (χ3n) is 12.5. The summed E-state index contributed by atoms with van der Waals surface area (Å²) in [6.45, 7) is 9.65. The predicted octanol–water partition coefficient (Wildman–Crippen LogP) is 7.94. The zero-order valence-electron chi connectivity index (χ0n) is 45.0. The zero-order valence-corrected chi connectivity index (χ0v) is 46.6. The second-order valence-electron chi connectivity index (χ2n) is 18.3. The van der Waals surface area contributed by atoms with Gasteiger partial charge in [0.25, 0.3) is 17.7 Å². The summed E-state index contributed by atoms with van der Waals surface area (Å²) in [6, 6.07) is 28.8. The fourth-order valence-corrected chi connectivity index (χ4v) is 9.24. The van der Waals surface area contributed by atoms with Crippen molar-refractivity contribution in [2.75, 3.05) is 108 Å². The first-order valence-electron chi connectivity index (χ1n) is 26.2. The molecule has 5 aromatic rings. The van der Waals surface area contributed by atoms with Crippen LogP contribution in [0.3, 0.4) is 0 Å². The first-order valence-corrected chi connectivity index (χ1v) is 27.4. The molecule has 2 heterocycles. The number of nitriles is 1. The van der Waals surface area contributed by atoms with Gasteiger partial charge < -0.3 is 59.5 Å². The Kier molecular flexibility index (Phi) is 25.2. The van der Waals surface area contributed by atoms with E-state index in [4.69, 9.17) is 40.0 Å². The molecule has 3 atom stereocenters. The number of amides is 5. The molecule has 0 saturated carbocycles. The molecule has 1 aromatic heterocycles. The van der Waals surface area contributed by atoms with Gasteiger partial charge in [0.15, 0.2) is 6.61 Å². The highest BCUT2D eigenvalue weighted by Crippen LogP contribution is 2.41. The van der Waals surface area contributed by atoms with Gasteiger partial charge in [-0.2, -0.15) is 5.26 Å². The SMILES string of the molecule is CCCC(C(=O)Nc1ccc(OCC(=O)NCCOCCOCCOCCOCCOCCNC(=O)c2ccc(-c3ccc4c(c3)[C@H](Nc3ccc(Cl)cc3)C[C@H](C)N4C(C)=O)cc2)cc1)N(C)C(=O)C(C#N)=Cc1nccs1. The lowest BCUT2D eigenvalue weighted by Crippen LogP contribution is -2.45. The Balaban J connectivity index is 0.737. The van der Waals surface area contributed by atoms with Gasteiger partial charge in [-0.15, -0.1) is 11.3 Å². The molecule has 5 amide bonds. The van der Waals surface area contributed by atoms with Crippen LogP contribution in [-0.4, -0.2) is 144 Å². The Morgan fingerprint density at radius 2 is 1.41 bits per heavy atom. The quantitative estimate of drug-likeness (QED) is 0.0182. The number of thiazole rings is 1. The number of halogens is 1. The highest BCUT2D eigenvalue weighted by molar-refractivity contribution is 7.10. The van der Waals surface area contributed by atoms with Crippen LogP contribution in [0.4, 0.5) is 17.1 Å². The number of carbonyl (C=O) groups excluding carboxylic acids is 5. The van der Waals surface area contributed by atoms with Crippen molar-refractivity contribution in [3.05, 3.63) is 129 Å². The van der Waals surface area contributed by atoms with Gasteiger partial charge in [-0.25, -0.2) is 4.98 Å². The van der Waals surface area contributed by atoms with E-state index in [1.807, 2.05) is 66.4 Å². The molecule has 6 rings (SSSR count). The summed E-state index contributed by atoms with van der Waals surface area (Å²) in [5, 5.41) is 24.6. The maximum absolute atomic E-state index is 13.2. The summed E-state index contributed by atoms with van der Waals surface area (Å²) >= 11 is 7.42. The van der Waals surface area contributed by atoms with Crippen molar-refractivity contribution in [1.29, 1.82) is 5.26 Å². The van der Waals surface area contributed by atoms with Crippen LogP contribution in [-0.2, 0) is 42.9 Å². The molecule has 19 nitrogen and oxygen atoms in total. The van der Waals surface area contributed by atoms with E-state index in [-0.39, 0.29) is 48.5 Å². The number of rotatable bonds is 32. The van der Waals surface area contributed by atoms with Crippen LogP contribution < -0.4 is 30.9 Å². The predicted molar refractivity (Wildman–Crippen MR) is 304 cm³/mol. The first-order chi connectivity index (χ1) is 38.3. The highest BCUT2D eigenvalue weighted by atomic mass is 35.5. The number of anilines is 3. The number of hydrogen-bond donors (Lipinski definition) is 4. The minimum atomic E-state index is -0.815. The van der Waals surface area contributed by atoms with Crippen LogP contribution in [0, 0.1) is 11.3 Å². The van der Waals surface area contributed by atoms with Crippen LogP contribution in [0.5, 0.6) is 5.75 Å². The first kappa shape index (κ1) is 61.0. The van der Waals surface area contributed by atoms with Gasteiger partial charge in [-0.05, 0) is 115 Å². The Bertz CT molecular complexity index is 2810. The molecule has 21 heteroatoms. The van der Waals surface area contributed by atoms with E-state index in [1.54, 1.807) is 54.9 Å². The van der Waals surface area contributed by atoms with E-state index in [2.05, 4.69) is 39.2 Å². The number of likely N-dealkylation sites (N-methyl/N-ethyl adjacent to an activating group) is 1. The summed E-state index contributed by atoms with van der Waals surface area (Å²) in [7, 11) is 1.50. The van der Waals surface area contributed by atoms with Crippen molar-refractivity contribution in [1.82, 2.24) is 20.5 Å². The molecule has 420 valence electrons. The van der Waals surface area contributed by atoms with Crippen molar-refractivity contribution >= 4 is 75.6 Å². The van der Waals surface area contributed by atoms with Gasteiger partial charge in [-0.3, -0.25) is 24.0 Å². The Morgan fingerprint density at radius 1 is 0.810 bits per heavy atom. The Hall–Kier alpha value is -7.22. The lowest BCUT2D eigenvalue weighted by Gasteiger charge is -2.39. The van der Waals surface area contributed by atoms with Crippen molar-refractivity contribution in [2.45, 2.75) is 58.2 Å². The zero-order chi connectivity index (χ0) is 56.4. The molecule has 1 aliphatic rings. The monoisotopic (exact) mass is 1120 g/mol. The smallest absolute Gasteiger partial charge is 0.265 e. The van der Waals surface area contributed by atoms with E-state index in [0.29, 0.717) is 112 Å². The fourth-order valence-electron chi connectivity index (χ4n) is 8.54. The van der Waals surface area contributed by atoms with Crippen LogP contribution >= 0.6 is 22.9 Å². The summed E-state index contributed by atoms with van der Waals surface area (Å²) in [6.07, 6.45) is 4.74. The number of carbonyl (C=O) groups is 5. The fraction of sp³-hybridized carbons (Fsp3) is 0.397. The van der Waals surface area contributed by atoms with Crippen LogP contribution in [0.1, 0.15) is 67.0 Å². The molecule has 4 aromatic carbocycles. The van der Waals surface area contributed by atoms with Crippen molar-refractivity contribution in [3.8, 4) is 22.9 Å². The molecule has 1 unspecified atom stereocenters. The number of ether oxygens (including phenoxy) is 6. The minimum absolute atomic E-state index is 0.00191. The molecule has 0 bridgehead atoms. The van der Waals surface area contributed by atoms with E-state index < -0.39 is 17.9 Å². The largest absolute Gasteiger partial charge is 0.484 e. The highest BCUT2D eigenvalue weighted by Gasteiger charge is 2.33. The second-order valence-corrected chi connectivity index (χ2v) is 19.6. The van der Waals surface area contributed by atoms with Gasteiger partial charge in [-0.1, -0.05) is 43.1 Å². The number of nitrogens with one attached hydrogen (secondary N) is 4. The number of benzene rings is 4. The lowest BCUT2D eigenvalue weighted by molar-refractivity contribution is -0.133. The topological polar surface area (TPSA) is 232 Å². The molecule has 0 saturated heterocycles. The van der Waals surface area contributed by atoms with Gasteiger partial charge in [0.2, 0.25) is 11.8 Å². The van der Waals surface area contributed by atoms with E-state index in [1.165, 1.54) is 29.4 Å². The summed E-state index contributed by atoms with van der Waals surface area (Å²) in [5.41, 5.74) is 5.68. The van der Waals surface area contributed by atoms with Crippen LogP contribution in [0.2, 0.25) is 5.02 Å². The third kappa shape index (κ3) is 19.6. The van der Waals surface area contributed by atoms with E-state index in [9.17, 15) is 29.2 Å². The molecular weight excluding hydrogens is 1050 g/mol. The van der Waals surface area contributed by atoms with Gasteiger partial charge in [0.1, 0.15) is 28.4 Å². The van der Waals surface area contributed by atoms with Gasteiger partial charge in [0, 0.05) is 72.3 Å². The third-order valence-corrected chi connectivity index (χ3v) is 13.5. The minimum Gasteiger partial charge on any atom is -0.484 e. The second kappa shape index (κ2) is 32.6. The van der Waals surface area contributed by atoms with Crippen LogP contribution in [0.15, 0.2) is 108 Å². The average molecular weight is 1120 g/mol. The molecule has 4 N–H and O–H groups in total. The average Bonchev–Trinajstić information content (AvgIpc) is 4.02. The van der Waals surface area contributed by atoms with Crippen molar-refractivity contribution in [3.63, 3.8) is 0 Å². The molecule has 0 spiro atoms. The normalized spacial score (nSPS) is 14.3. The van der Waals surface area contributed by atoms with Gasteiger partial charge >= 0.3 is 0 Å². The van der Waals surface area contributed by atoms with E-state index in [0.717, 1.165) is 34.5 Å². The molecule has 79 heavy (non-hydrogen) atoms. The molecular formula is C58H69ClN8O11S. The molecule has 1 aliphatic heterocycles. The Labute approximate surface area is 470 Å². The van der Waals surface area contributed by atoms with Crippen molar-refractivity contribution in [2.24, 2.45) is 0 Å². The summed E-state index contributed by atoms with van der Waals surface area (Å²) in [4.78, 5) is 71.4. The number of aromatic nitrogens is 1. The number of nitrogens with zero attached hydrogens (tertiary/aromatic N) is 4. The van der Waals surface area contributed by atoms with Crippen LogP contribution in [0.25, 0.3) is 17.2 Å².